The summed E-state index contributed by atoms with van der Waals surface area (Å²) in [6, 6.07) is 5.22. The van der Waals surface area contributed by atoms with E-state index in [9.17, 15) is 0 Å². The lowest BCUT2D eigenvalue weighted by molar-refractivity contribution is 1.33. The Labute approximate surface area is 76.3 Å². The Morgan fingerprint density at radius 3 is 2.00 bits per heavy atom. The first kappa shape index (κ1) is 8.12. The first-order valence-corrected chi connectivity index (χ1v) is 3.73. The SMILES string of the molecule is ClC(Cl)Cl.[2H]c1ccccn1. The summed E-state index contributed by atoms with van der Waals surface area (Å²) in [4.78, 5) is 3.65. The minimum Gasteiger partial charge on any atom is -0.265 e. The van der Waals surface area contributed by atoms with E-state index in [4.69, 9.17) is 36.2 Å². The molecule has 0 N–H and O–H groups in total. The van der Waals surface area contributed by atoms with Crippen LogP contribution >= 0.6 is 34.8 Å². The van der Waals surface area contributed by atoms with E-state index in [-0.39, 0.29) is 0 Å². The maximum atomic E-state index is 6.88. The highest BCUT2D eigenvalue weighted by Gasteiger charge is 1.78. The van der Waals surface area contributed by atoms with Crippen LogP contribution in [0.1, 0.15) is 1.37 Å². The monoisotopic (exact) mass is 198 g/mol. The first-order valence-electron chi connectivity index (χ1n) is 2.93. The number of hydrogen-bond acceptors (Lipinski definition) is 1. The van der Waals surface area contributed by atoms with Crippen LogP contribution in [0.2, 0.25) is 0 Å². The predicted octanol–water partition coefficient (Wildman–Crippen LogP) is 3.07. The lowest BCUT2D eigenvalue weighted by atomic mass is 10.5. The highest BCUT2D eigenvalue weighted by molar-refractivity contribution is 6.63. The van der Waals surface area contributed by atoms with Crippen molar-refractivity contribution in [3.05, 3.63) is 30.6 Å². The van der Waals surface area contributed by atoms with Crippen LogP contribution < -0.4 is 0 Å². The smallest absolute Gasteiger partial charge is 0.180 e. The quantitative estimate of drug-likeness (QED) is 0.585. The van der Waals surface area contributed by atoms with Crippen LogP contribution in [0, 0.1) is 0 Å². The van der Waals surface area contributed by atoms with Gasteiger partial charge in [0.15, 0.2) is 4.30 Å². The van der Waals surface area contributed by atoms with E-state index in [1.54, 1.807) is 24.4 Å². The van der Waals surface area contributed by atoms with Crippen molar-refractivity contribution < 1.29 is 1.37 Å². The fourth-order valence-corrected chi connectivity index (χ4v) is 0.277. The third-order valence-corrected chi connectivity index (χ3v) is 0.517. The Kier molecular flexibility index (Phi) is 5.79. The molecule has 10 heavy (non-hydrogen) atoms. The van der Waals surface area contributed by atoms with Crippen molar-refractivity contribution in [1.29, 1.82) is 0 Å². The largest absolute Gasteiger partial charge is 0.265 e. The van der Waals surface area contributed by atoms with Gasteiger partial charge in [0.05, 0.1) is 1.37 Å². The number of hydrogen-bond donors (Lipinski definition) is 0. The summed E-state index contributed by atoms with van der Waals surface area (Å²) in [5.41, 5.74) is 0. The molecule has 0 aliphatic heterocycles. The first-order chi connectivity index (χ1) is 5.13. The van der Waals surface area contributed by atoms with Gasteiger partial charge in [-0.1, -0.05) is 40.9 Å². The zero-order chi connectivity index (χ0) is 8.69. The molecule has 0 saturated carbocycles. The van der Waals surface area contributed by atoms with Crippen LogP contribution in [0.25, 0.3) is 0 Å². The van der Waals surface area contributed by atoms with E-state index in [1.165, 1.54) is 0 Å². The van der Waals surface area contributed by atoms with Crippen molar-refractivity contribution >= 4 is 34.8 Å². The lowest BCUT2D eigenvalue weighted by Gasteiger charge is -1.70. The molecule has 0 aliphatic rings. The molecule has 1 rings (SSSR count). The van der Waals surface area contributed by atoms with Gasteiger partial charge in [-0.05, 0) is 12.1 Å². The summed E-state index contributed by atoms with van der Waals surface area (Å²) in [5.74, 6) is 0. The van der Waals surface area contributed by atoms with Crippen molar-refractivity contribution in [2.45, 2.75) is 4.30 Å². The molecule has 0 saturated heterocycles. The minimum absolute atomic E-state index is 0.322. The van der Waals surface area contributed by atoms with Gasteiger partial charge in [-0.15, -0.1) is 0 Å². The van der Waals surface area contributed by atoms with E-state index >= 15 is 0 Å². The van der Waals surface area contributed by atoms with Gasteiger partial charge < -0.3 is 0 Å². The Morgan fingerprint density at radius 1 is 1.20 bits per heavy atom. The van der Waals surface area contributed by atoms with E-state index in [0.29, 0.717) is 6.17 Å². The molecular formula is C6H6Cl3N. The predicted molar refractivity (Wildman–Crippen MR) is 45.6 cm³/mol. The molecule has 0 fully saturated rings. The third kappa shape index (κ3) is 10.9. The topological polar surface area (TPSA) is 12.9 Å². The Bertz CT molecular complexity index is 178. The van der Waals surface area contributed by atoms with Crippen LogP contribution in [0.15, 0.2) is 30.6 Å². The summed E-state index contributed by atoms with van der Waals surface area (Å²) < 4.78 is 6.13. The molecule has 1 heterocycles. The van der Waals surface area contributed by atoms with Crippen molar-refractivity contribution in [3.63, 3.8) is 0 Å². The number of aromatic nitrogens is 1. The van der Waals surface area contributed by atoms with E-state index < -0.39 is 4.30 Å². The normalized spacial score (nSPS) is 9.80. The van der Waals surface area contributed by atoms with Crippen molar-refractivity contribution in [1.82, 2.24) is 4.98 Å². The van der Waals surface area contributed by atoms with Crippen molar-refractivity contribution in [3.8, 4) is 0 Å². The van der Waals surface area contributed by atoms with Crippen molar-refractivity contribution in [2.24, 2.45) is 0 Å². The number of pyridine rings is 1. The summed E-state index contributed by atoms with van der Waals surface area (Å²) in [5, 5.41) is 0. The Morgan fingerprint density at radius 2 is 1.80 bits per heavy atom. The average molecular weight is 199 g/mol. The number of alkyl halides is 3. The highest BCUT2D eigenvalue weighted by Crippen LogP contribution is 2.03. The van der Waals surface area contributed by atoms with Crippen LogP contribution in [0.4, 0.5) is 0 Å². The van der Waals surface area contributed by atoms with Gasteiger partial charge in [0.2, 0.25) is 0 Å². The fourth-order valence-electron chi connectivity index (χ4n) is 0.277. The Balaban J connectivity index is 0.000000218. The second kappa shape index (κ2) is 7.13. The van der Waals surface area contributed by atoms with Crippen LogP contribution in [-0.2, 0) is 0 Å². The number of nitrogens with zero attached hydrogens (tertiary/aromatic N) is 1. The van der Waals surface area contributed by atoms with E-state index in [0.717, 1.165) is 0 Å². The molecule has 56 valence electrons. The zero-order valence-corrected chi connectivity index (χ0v) is 7.24. The molecule has 0 aromatic carbocycles. The lowest BCUT2D eigenvalue weighted by Crippen LogP contribution is -1.58. The fraction of sp³-hybridized carbons (Fsp3) is 0.167. The van der Waals surface area contributed by atoms with Gasteiger partial charge in [0.25, 0.3) is 0 Å². The molecule has 0 atom stereocenters. The zero-order valence-electron chi connectivity index (χ0n) is 5.97. The number of rotatable bonds is 0. The molecule has 1 aromatic heterocycles. The van der Waals surface area contributed by atoms with Gasteiger partial charge in [-0.2, -0.15) is 0 Å². The molecule has 4 heteroatoms. The molecule has 1 aromatic rings. The highest BCUT2D eigenvalue weighted by atomic mass is 35.6. The molecule has 0 bridgehead atoms. The number of halogens is 3. The second-order valence-corrected chi connectivity index (χ2v) is 3.19. The molecule has 0 unspecified atom stereocenters. The van der Waals surface area contributed by atoms with Crippen LogP contribution in [0.3, 0.4) is 0 Å². The summed E-state index contributed by atoms with van der Waals surface area (Å²) >= 11 is 14.4. The molecule has 0 radical (unpaired) electrons. The molecule has 0 aliphatic carbocycles. The second-order valence-electron chi connectivity index (χ2n) is 1.21. The van der Waals surface area contributed by atoms with E-state index in [1.807, 2.05) is 0 Å². The van der Waals surface area contributed by atoms with Crippen LogP contribution in [0.5, 0.6) is 0 Å². The van der Waals surface area contributed by atoms with Gasteiger partial charge in [-0.25, -0.2) is 0 Å². The molecule has 0 amide bonds. The average Bonchev–Trinajstić information content (AvgIpc) is 1.87. The summed E-state index contributed by atoms with van der Waals surface area (Å²) in [6.07, 6.45) is 1.92. The van der Waals surface area contributed by atoms with Gasteiger partial charge in [-0.3, -0.25) is 4.98 Å². The molecule has 0 spiro atoms. The third-order valence-electron chi connectivity index (χ3n) is 0.517. The molecule has 1 nitrogen and oxygen atoms in total. The van der Waals surface area contributed by atoms with Crippen LogP contribution in [-0.4, -0.2) is 9.28 Å². The van der Waals surface area contributed by atoms with Gasteiger partial charge in [0.1, 0.15) is 0 Å². The van der Waals surface area contributed by atoms with Gasteiger partial charge in [0, 0.05) is 12.4 Å². The Hall–Kier alpha value is 0.0200. The maximum Gasteiger partial charge on any atom is 0.180 e. The molecular weight excluding hydrogens is 192 g/mol. The van der Waals surface area contributed by atoms with E-state index in [2.05, 4.69) is 4.98 Å². The summed E-state index contributed by atoms with van der Waals surface area (Å²) in [7, 11) is 0. The maximum absolute atomic E-state index is 6.88. The minimum atomic E-state index is -0.750. The standard InChI is InChI=1S/C5H5N.CHCl3/c1-2-4-6-5-3-1;2-1(3)4/h1-5H;1H/i4D;. The van der Waals surface area contributed by atoms with Crippen molar-refractivity contribution in [2.75, 3.05) is 0 Å². The van der Waals surface area contributed by atoms with Gasteiger partial charge >= 0.3 is 0 Å². The summed E-state index contributed by atoms with van der Waals surface area (Å²) in [6.45, 7) is 0.